The molecule has 0 aliphatic carbocycles. The Morgan fingerprint density at radius 1 is 1.00 bits per heavy atom. The number of anilines is 1. The second-order valence-electron chi connectivity index (χ2n) is 7.51. The number of nitrogens with zero attached hydrogens (tertiary/aromatic N) is 2. The van der Waals surface area contributed by atoms with Crippen LogP contribution in [0.15, 0.2) is 68.7 Å². The zero-order valence-electron chi connectivity index (χ0n) is 15.6. The van der Waals surface area contributed by atoms with E-state index in [9.17, 15) is 9.59 Å². The molecule has 0 aliphatic rings. The summed E-state index contributed by atoms with van der Waals surface area (Å²) in [5.74, 6) is 0.133. The van der Waals surface area contributed by atoms with Gasteiger partial charge >= 0.3 is 5.69 Å². The molecule has 0 fully saturated rings. The summed E-state index contributed by atoms with van der Waals surface area (Å²) in [5, 5.41) is 0. The Balaban J connectivity index is 2.21. The first-order chi connectivity index (χ1) is 12.7. The number of hydrogen-bond acceptors (Lipinski definition) is 3. The average molecular weight is 428 g/mol. The van der Waals surface area contributed by atoms with Crippen molar-refractivity contribution in [2.45, 2.75) is 32.7 Å². The lowest BCUT2D eigenvalue weighted by Gasteiger charge is -2.24. The van der Waals surface area contributed by atoms with Crippen molar-refractivity contribution in [2.75, 3.05) is 5.73 Å². The predicted octanol–water partition coefficient (Wildman–Crippen LogP) is 3.69. The summed E-state index contributed by atoms with van der Waals surface area (Å²) >= 11 is 3.39. The highest BCUT2D eigenvalue weighted by Crippen LogP contribution is 2.28. The molecular weight excluding hydrogens is 406 g/mol. The highest BCUT2D eigenvalue weighted by molar-refractivity contribution is 9.10. The highest BCUT2D eigenvalue weighted by Gasteiger charge is 2.21. The highest BCUT2D eigenvalue weighted by atomic mass is 79.9. The van der Waals surface area contributed by atoms with Crippen LogP contribution in [0.3, 0.4) is 0 Å². The van der Waals surface area contributed by atoms with E-state index >= 15 is 0 Å². The van der Waals surface area contributed by atoms with Gasteiger partial charge in [0.2, 0.25) is 0 Å². The van der Waals surface area contributed by atoms with E-state index in [4.69, 9.17) is 5.73 Å². The summed E-state index contributed by atoms with van der Waals surface area (Å²) < 4.78 is 3.56. The zero-order chi connectivity index (χ0) is 19.8. The Bertz CT molecular complexity index is 1090. The molecule has 6 heteroatoms. The fourth-order valence-corrected chi connectivity index (χ4v) is 3.32. The van der Waals surface area contributed by atoms with Gasteiger partial charge in [-0.2, -0.15) is 0 Å². The summed E-state index contributed by atoms with van der Waals surface area (Å²) in [5.41, 5.74) is 7.58. The number of para-hydroxylation sites is 1. The molecule has 3 aromatic rings. The molecule has 5 nitrogen and oxygen atoms in total. The van der Waals surface area contributed by atoms with E-state index in [2.05, 4.69) is 36.7 Å². The van der Waals surface area contributed by atoms with E-state index in [-0.39, 0.29) is 17.8 Å². The fraction of sp³-hybridized carbons (Fsp3) is 0.238. The molecule has 140 valence electrons. The van der Waals surface area contributed by atoms with Gasteiger partial charge in [0.1, 0.15) is 5.82 Å². The Hall–Kier alpha value is -2.60. The molecule has 0 bridgehead atoms. The number of nitrogens with two attached hydrogens (primary N) is 1. The molecule has 2 N–H and O–H groups in total. The Kier molecular flexibility index (Phi) is 5.11. The molecule has 0 atom stereocenters. The van der Waals surface area contributed by atoms with Crippen molar-refractivity contribution >= 4 is 21.7 Å². The molecule has 1 heterocycles. The van der Waals surface area contributed by atoms with Crippen molar-refractivity contribution in [1.29, 1.82) is 0 Å². The smallest absolute Gasteiger partial charge is 0.337 e. The van der Waals surface area contributed by atoms with Gasteiger partial charge in [-0.05, 0) is 34.7 Å². The third-order valence-electron chi connectivity index (χ3n) is 4.42. The second-order valence-corrected chi connectivity index (χ2v) is 8.42. The second kappa shape index (κ2) is 7.19. The van der Waals surface area contributed by atoms with E-state index in [1.165, 1.54) is 15.2 Å². The maximum atomic E-state index is 13.2. The summed E-state index contributed by atoms with van der Waals surface area (Å²) in [7, 11) is 0. The van der Waals surface area contributed by atoms with Crippen LogP contribution in [0.1, 0.15) is 31.9 Å². The lowest BCUT2D eigenvalue weighted by atomic mass is 9.85. The first-order valence-corrected chi connectivity index (χ1v) is 9.44. The van der Waals surface area contributed by atoms with Gasteiger partial charge in [0.25, 0.3) is 5.56 Å². The number of aromatic nitrogens is 2. The SMILES string of the molecule is CC(C)(C)c1ccccc1-n1c(N)cc(=O)n(Cc2ccc(Br)cc2)c1=O. The molecule has 0 saturated heterocycles. The monoisotopic (exact) mass is 427 g/mol. The van der Waals surface area contributed by atoms with Gasteiger partial charge in [0.15, 0.2) is 0 Å². The van der Waals surface area contributed by atoms with Crippen molar-refractivity contribution in [3.8, 4) is 5.69 Å². The van der Waals surface area contributed by atoms with Crippen LogP contribution in [-0.2, 0) is 12.0 Å². The summed E-state index contributed by atoms with van der Waals surface area (Å²) in [4.78, 5) is 25.7. The van der Waals surface area contributed by atoms with E-state index in [0.29, 0.717) is 5.69 Å². The molecule has 0 amide bonds. The minimum atomic E-state index is -0.445. The van der Waals surface area contributed by atoms with Crippen LogP contribution in [0.5, 0.6) is 0 Å². The quantitative estimate of drug-likeness (QED) is 0.692. The standard InChI is InChI=1S/C21H22BrN3O2/c1-21(2,3)16-6-4-5-7-17(16)25-18(23)12-19(26)24(20(25)27)13-14-8-10-15(22)11-9-14/h4-12H,13,23H2,1-3H3. The maximum absolute atomic E-state index is 13.2. The number of nitrogen functional groups attached to an aromatic ring is 1. The molecule has 3 rings (SSSR count). The van der Waals surface area contributed by atoms with Crippen LogP contribution in [0.4, 0.5) is 5.82 Å². The van der Waals surface area contributed by atoms with Crippen LogP contribution >= 0.6 is 15.9 Å². The van der Waals surface area contributed by atoms with Crippen LogP contribution in [0.2, 0.25) is 0 Å². The Morgan fingerprint density at radius 3 is 2.26 bits per heavy atom. The summed E-state index contributed by atoms with van der Waals surface area (Å²) in [6.45, 7) is 6.41. The van der Waals surface area contributed by atoms with Gasteiger partial charge in [-0.1, -0.05) is 67.0 Å². The number of benzene rings is 2. The van der Waals surface area contributed by atoms with Crippen molar-refractivity contribution in [3.63, 3.8) is 0 Å². The molecule has 0 aliphatic heterocycles. The first-order valence-electron chi connectivity index (χ1n) is 8.65. The summed E-state index contributed by atoms with van der Waals surface area (Å²) in [6, 6.07) is 16.4. The normalized spacial score (nSPS) is 11.6. The fourth-order valence-electron chi connectivity index (χ4n) is 3.06. The molecule has 27 heavy (non-hydrogen) atoms. The zero-order valence-corrected chi connectivity index (χ0v) is 17.2. The predicted molar refractivity (Wildman–Crippen MR) is 113 cm³/mol. The van der Waals surface area contributed by atoms with Crippen LogP contribution in [0, 0.1) is 0 Å². The van der Waals surface area contributed by atoms with Crippen LogP contribution in [-0.4, -0.2) is 9.13 Å². The Labute approximate surface area is 166 Å². The number of rotatable bonds is 3. The van der Waals surface area contributed by atoms with Gasteiger partial charge in [0.05, 0.1) is 12.2 Å². The van der Waals surface area contributed by atoms with E-state index < -0.39 is 11.2 Å². The molecule has 1 aromatic heterocycles. The van der Waals surface area contributed by atoms with Gasteiger partial charge in [-0.15, -0.1) is 0 Å². The van der Waals surface area contributed by atoms with E-state index in [0.717, 1.165) is 15.6 Å². The molecule has 0 saturated carbocycles. The van der Waals surface area contributed by atoms with E-state index in [1.807, 2.05) is 48.5 Å². The van der Waals surface area contributed by atoms with Crippen molar-refractivity contribution in [2.24, 2.45) is 0 Å². The average Bonchev–Trinajstić information content (AvgIpc) is 2.59. The lowest BCUT2D eigenvalue weighted by Crippen LogP contribution is -2.40. The molecule has 0 unspecified atom stereocenters. The van der Waals surface area contributed by atoms with Crippen molar-refractivity contribution in [1.82, 2.24) is 9.13 Å². The number of halogens is 1. The minimum Gasteiger partial charge on any atom is -0.385 e. The lowest BCUT2D eigenvalue weighted by molar-refractivity contribution is 0.582. The third-order valence-corrected chi connectivity index (χ3v) is 4.95. The maximum Gasteiger partial charge on any atom is 0.337 e. The minimum absolute atomic E-state index is 0.133. The van der Waals surface area contributed by atoms with Gasteiger partial charge < -0.3 is 5.73 Å². The largest absolute Gasteiger partial charge is 0.385 e. The summed E-state index contributed by atoms with van der Waals surface area (Å²) in [6.07, 6.45) is 0. The van der Waals surface area contributed by atoms with Gasteiger partial charge in [-0.3, -0.25) is 9.36 Å². The van der Waals surface area contributed by atoms with E-state index in [1.54, 1.807) is 0 Å². The molecule has 2 aromatic carbocycles. The van der Waals surface area contributed by atoms with Crippen molar-refractivity contribution < 1.29 is 0 Å². The van der Waals surface area contributed by atoms with Crippen LogP contribution < -0.4 is 17.0 Å². The topological polar surface area (TPSA) is 70.0 Å². The first kappa shape index (κ1) is 19.2. The molecule has 0 radical (unpaired) electrons. The van der Waals surface area contributed by atoms with Crippen LogP contribution in [0.25, 0.3) is 5.69 Å². The van der Waals surface area contributed by atoms with Gasteiger partial charge in [0, 0.05) is 10.5 Å². The molecular formula is C21H22BrN3O2. The Morgan fingerprint density at radius 2 is 1.63 bits per heavy atom. The van der Waals surface area contributed by atoms with Gasteiger partial charge in [-0.25, -0.2) is 9.36 Å². The molecule has 0 spiro atoms. The number of hydrogen-bond donors (Lipinski definition) is 1. The van der Waals surface area contributed by atoms with Crippen molar-refractivity contribution in [3.05, 3.63) is 91.0 Å². The third kappa shape index (κ3) is 3.90.